The molecule has 1 aromatic carbocycles. The molecule has 3 heteroatoms. The minimum Gasteiger partial charge on any atom is -0.326 e. The number of rotatable bonds is 3. The summed E-state index contributed by atoms with van der Waals surface area (Å²) in [6, 6.07) is 7.22. The van der Waals surface area contributed by atoms with Crippen molar-refractivity contribution in [1.82, 2.24) is 0 Å². The molecule has 0 bridgehead atoms. The van der Waals surface area contributed by atoms with Crippen LogP contribution >= 0.6 is 0 Å². The van der Waals surface area contributed by atoms with Crippen molar-refractivity contribution >= 4 is 0 Å². The Balaban J connectivity index is 2.25. The largest absolute Gasteiger partial charge is 0.326 e. The monoisotopic (exact) mass is 197 g/mol. The van der Waals surface area contributed by atoms with E-state index in [4.69, 9.17) is 5.73 Å². The molecule has 0 unspecified atom stereocenters. The van der Waals surface area contributed by atoms with Gasteiger partial charge in [0, 0.05) is 6.54 Å². The van der Waals surface area contributed by atoms with Gasteiger partial charge in [-0.15, -0.1) is 0 Å². The van der Waals surface area contributed by atoms with E-state index in [0.717, 1.165) is 11.1 Å². The summed E-state index contributed by atoms with van der Waals surface area (Å²) in [7, 11) is 0. The lowest BCUT2D eigenvalue weighted by atomic mass is 9.95. The van der Waals surface area contributed by atoms with Crippen molar-refractivity contribution in [3.63, 3.8) is 0 Å². The number of halogens is 2. The molecule has 1 saturated carbocycles. The smallest absolute Gasteiger partial charge is 0.248 e. The first-order valence-corrected chi connectivity index (χ1v) is 4.77. The van der Waals surface area contributed by atoms with E-state index in [-0.39, 0.29) is 0 Å². The van der Waals surface area contributed by atoms with E-state index in [1.807, 2.05) is 12.1 Å². The normalized spacial score (nSPS) is 18.6. The third-order valence-electron chi connectivity index (χ3n) is 2.97. The Bertz CT molecular complexity index is 315. The number of benzene rings is 1. The topological polar surface area (TPSA) is 26.0 Å². The van der Waals surface area contributed by atoms with E-state index in [2.05, 4.69) is 0 Å². The minimum atomic E-state index is -2.24. The van der Waals surface area contributed by atoms with E-state index in [1.165, 1.54) is 0 Å². The Hall–Kier alpha value is -0.960. The first kappa shape index (κ1) is 9.59. The second kappa shape index (κ2) is 3.31. The lowest BCUT2D eigenvalue weighted by Gasteiger charge is -2.14. The van der Waals surface area contributed by atoms with Crippen LogP contribution in [0.3, 0.4) is 0 Å². The SMILES string of the molecule is NCc1ccc(C2(C(F)F)CC2)cc1. The predicted octanol–water partition coefficient (Wildman–Crippen LogP) is 2.44. The number of hydrogen-bond acceptors (Lipinski definition) is 1. The summed E-state index contributed by atoms with van der Waals surface area (Å²) < 4.78 is 25.4. The average molecular weight is 197 g/mol. The summed E-state index contributed by atoms with van der Waals surface area (Å²) in [4.78, 5) is 0. The molecule has 0 aromatic heterocycles. The summed E-state index contributed by atoms with van der Waals surface area (Å²) in [6.07, 6.45) is -1.04. The van der Waals surface area contributed by atoms with E-state index in [9.17, 15) is 8.78 Å². The van der Waals surface area contributed by atoms with Gasteiger partial charge in [-0.3, -0.25) is 0 Å². The second-order valence-corrected chi connectivity index (χ2v) is 3.86. The van der Waals surface area contributed by atoms with Crippen LogP contribution in [0.5, 0.6) is 0 Å². The third kappa shape index (κ3) is 1.42. The second-order valence-electron chi connectivity index (χ2n) is 3.86. The molecule has 0 aliphatic heterocycles. The van der Waals surface area contributed by atoms with Gasteiger partial charge in [0.2, 0.25) is 6.43 Å². The highest BCUT2D eigenvalue weighted by Gasteiger charge is 2.52. The number of hydrogen-bond donors (Lipinski definition) is 1. The Labute approximate surface area is 81.9 Å². The van der Waals surface area contributed by atoms with Gasteiger partial charge in [0.15, 0.2) is 0 Å². The molecule has 1 aliphatic rings. The van der Waals surface area contributed by atoms with Crippen molar-refractivity contribution in [3.8, 4) is 0 Å². The van der Waals surface area contributed by atoms with Crippen LogP contribution in [-0.2, 0) is 12.0 Å². The van der Waals surface area contributed by atoms with Crippen molar-refractivity contribution in [1.29, 1.82) is 0 Å². The third-order valence-corrected chi connectivity index (χ3v) is 2.97. The molecule has 0 radical (unpaired) electrons. The first-order chi connectivity index (χ1) is 6.69. The summed E-state index contributed by atoms with van der Waals surface area (Å²) in [5.41, 5.74) is 6.34. The van der Waals surface area contributed by atoms with E-state index in [1.54, 1.807) is 12.1 Å². The molecule has 0 amide bonds. The van der Waals surface area contributed by atoms with Crippen LogP contribution in [0.1, 0.15) is 24.0 Å². The maximum Gasteiger partial charge on any atom is 0.248 e. The Morgan fingerprint density at radius 3 is 2.14 bits per heavy atom. The maximum atomic E-state index is 12.7. The molecule has 1 aromatic rings. The molecule has 0 atom stereocenters. The molecular formula is C11H13F2N. The summed E-state index contributed by atoms with van der Waals surface area (Å²) in [5.74, 6) is 0. The van der Waals surface area contributed by atoms with Gasteiger partial charge in [-0.2, -0.15) is 0 Å². The van der Waals surface area contributed by atoms with Crippen LogP contribution in [0.15, 0.2) is 24.3 Å². The molecule has 0 spiro atoms. The molecule has 0 saturated heterocycles. The van der Waals surface area contributed by atoms with Gasteiger partial charge in [0.05, 0.1) is 5.41 Å². The van der Waals surface area contributed by atoms with Gasteiger partial charge in [0.1, 0.15) is 0 Å². The van der Waals surface area contributed by atoms with Gasteiger partial charge < -0.3 is 5.73 Å². The van der Waals surface area contributed by atoms with Gasteiger partial charge in [-0.05, 0) is 24.0 Å². The van der Waals surface area contributed by atoms with Crippen LogP contribution in [0.4, 0.5) is 8.78 Å². The molecule has 1 aliphatic carbocycles. The highest BCUT2D eigenvalue weighted by molar-refractivity contribution is 5.34. The Morgan fingerprint density at radius 2 is 1.79 bits per heavy atom. The maximum absolute atomic E-state index is 12.7. The molecule has 1 nitrogen and oxygen atoms in total. The van der Waals surface area contributed by atoms with Crippen LogP contribution in [-0.4, -0.2) is 6.43 Å². The van der Waals surface area contributed by atoms with Gasteiger partial charge in [-0.1, -0.05) is 24.3 Å². The van der Waals surface area contributed by atoms with Gasteiger partial charge in [0.25, 0.3) is 0 Å². The van der Waals surface area contributed by atoms with Crippen molar-refractivity contribution in [2.75, 3.05) is 0 Å². The fourth-order valence-corrected chi connectivity index (χ4v) is 1.74. The summed E-state index contributed by atoms with van der Waals surface area (Å²) in [5, 5.41) is 0. The summed E-state index contributed by atoms with van der Waals surface area (Å²) >= 11 is 0. The Morgan fingerprint density at radius 1 is 1.21 bits per heavy atom. The van der Waals surface area contributed by atoms with Crippen LogP contribution in [0.2, 0.25) is 0 Å². The van der Waals surface area contributed by atoms with Gasteiger partial charge >= 0.3 is 0 Å². The summed E-state index contributed by atoms with van der Waals surface area (Å²) in [6.45, 7) is 0.460. The molecule has 2 rings (SSSR count). The van der Waals surface area contributed by atoms with E-state index in [0.29, 0.717) is 19.4 Å². The standard InChI is InChI=1S/C11H13F2N/c12-10(13)11(5-6-11)9-3-1-8(7-14)2-4-9/h1-4,10H,5-7,14H2. The zero-order chi connectivity index (χ0) is 10.2. The molecule has 2 N–H and O–H groups in total. The molecule has 14 heavy (non-hydrogen) atoms. The highest BCUT2D eigenvalue weighted by Crippen LogP contribution is 2.52. The Kier molecular flexibility index (Phi) is 2.27. The van der Waals surface area contributed by atoms with Crippen LogP contribution in [0.25, 0.3) is 0 Å². The van der Waals surface area contributed by atoms with Crippen LogP contribution in [0, 0.1) is 0 Å². The number of nitrogens with two attached hydrogens (primary N) is 1. The molecular weight excluding hydrogens is 184 g/mol. The lowest BCUT2D eigenvalue weighted by Crippen LogP contribution is -2.17. The molecule has 1 fully saturated rings. The average Bonchev–Trinajstić information content (AvgIpc) is 2.99. The fourth-order valence-electron chi connectivity index (χ4n) is 1.74. The van der Waals surface area contributed by atoms with Crippen molar-refractivity contribution in [3.05, 3.63) is 35.4 Å². The molecule has 76 valence electrons. The van der Waals surface area contributed by atoms with E-state index < -0.39 is 11.8 Å². The quantitative estimate of drug-likeness (QED) is 0.791. The van der Waals surface area contributed by atoms with E-state index >= 15 is 0 Å². The van der Waals surface area contributed by atoms with Crippen molar-refractivity contribution < 1.29 is 8.78 Å². The minimum absolute atomic E-state index is 0.460. The lowest BCUT2D eigenvalue weighted by molar-refractivity contribution is 0.102. The first-order valence-electron chi connectivity index (χ1n) is 4.77. The molecule has 0 heterocycles. The number of alkyl halides is 2. The zero-order valence-electron chi connectivity index (χ0n) is 7.84. The predicted molar refractivity (Wildman–Crippen MR) is 51.2 cm³/mol. The highest BCUT2D eigenvalue weighted by atomic mass is 19.3. The van der Waals surface area contributed by atoms with Gasteiger partial charge in [-0.25, -0.2) is 8.78 Å². The van der Waals surface area contributed by atoms with Crippen molar-refractivity contribution in [2.24, 2.45) is 5.73 Å². The fraction of sp³-hybridized carbons (Fsp3) is 0.455. The van der Waals surface area contributed by atoms with Crippen molar-refractivity contribution in [2.45, 2.75) is 31.2 Å². The van der Waals surface area contributed by atoms with Crippen LogP contribution < -0.4 is 5.73 Å². The zero-order valence-corrected chi connectivity index (χ0v) is 7.84.